The molecule has 0 atom stereocenters. The molecule has 1 heterocycles. The number of anilines is 1. The quantitative estimate of drug-likeness (QED) is 0.428. The van der Waals surface area contributed by atoms with Crippen LogP contribution in [0.1, 0.15) is 11.1 Å². The van der Waals surface area contributed by atoms with E-state index in [1.807, 2.05) is 30.3 Å². The number of carbonyl (C=O) groups excluding carboxylic acids is 1. The first kappa shape index (κ1) is 17.5. The first-order chi connectivity index (χ1) is 12.6. The first-order valence-corrected chi connectivity index (χ1v) is 9.37. The van der Waals surface area contributed by atoms with Crippen molar-refractivity contribution in [2.24, 2.45) is 0 Å². The van der Waals surface area contributed by atoms with Gasteiger partial charge in [0.15, 0.2) is 0 Å². The average Bonchev–Trinajstić information content (AvgIpc) is 2.89. The molecular weight excluding hydrogens is 441 g/mol. The van der Waals surface area contributed by atoms with Crippen LogP contribution >= 0.6 is 22.6 Å². The zero-order valence-corrected chi connectivity index (χ0v) is 16.7. The number of halogens is 1. The number of amides is 1. The van der Waals surface area contributed by atoms with E-state index < -0.39 is 5.79 Å². The topological polar surface area (TPSA) is 38.8 Å². The summed E-state index contributed by atoms with van der Waals surface area (Å²) in [4.78, 5) is 14.9. The Hall–Kier alpha value is -1.96. The Morgan fingerprint density at radius 1 is 0.962 bits per heavy atom. The summed E-state index contributed by atoms with van der Waals surface area (Å²) in [5.41, 5.74) is 2.64. The molecule has 0 spiro atoms. The van der Waals surface area contributed by atoms with Crippen LogP contribution in [-0.4, -0.2) is 20.1 Å². The summed E-state index contributed by atoms with van der Waals surface area (Å²) in [6.45, 7) is 0.464. The van der Waals surface area contributed by atoms with E-state index in [1.165, 1.54) is 19.6 Å². The monoisotopic (exact) mass is 459 g/mol. The minimum absolute atomic E-state index is 0.201. The van der Waals surface area contributed by atoms with Gasteiger partial charge in [-0.3, -0.25) is 4.79 Å². The molecule has 1 aliphatic heterocycles. The lowest BCUT2D eigenvalue weighted by molar-refractivity contribution is -0.209. The van der Waals surface area contributed by atoms with Gasteiger partial charge in [-0.2, -0.15) is 0 Å². The largest absolute Gasteiger partial charge is 0.342 e. The number of methoxy groups -OCH3 is 2. The van der Waals surface area contributed by atoms with Gasteiger partial charge in [0, 0.05) is 23.4 Å². The Balaban J connectivity index is 1.77. The molecule has 0 unspecified atom stereocenters. The summed E-state index contributed by atoms with van der Waals surface area (Å²) < 4.78 is 12.2. The molecular formula is C21H18INO3. The zero-order valence-electron chi connectivity index (χ0n) is 14.5. The number of hydrogen-bond acceptors (Lipinski definition) is 3. The molecule has 0 aliphatic carbocycles. The highest BCUT2D eigenvalue weighted by Crippen LogP contribution is 2.44. The third-order valence-corrected chi connectivity index (χ3v) is 5.53. The van der Waals surface area contributed by atoms with Crippen molar-refractivity contribution >= 4 is 45.0 Å². The van der Waals surface area contributed by atoms with Gasteiger partial charge in [0.05, 0.1) is 12.2 Å². The highest BCUT2D eigenvalue weighted by molar-refractivity contribution is 14.1. The Morgan fingerprint density at radius 3 is 2.42 bits per heavy atom. The van der Waals surface area contributed by atoms with Crippen molar-refractivity contribution in [3.63, 3.8) is 0 Å². The highest BCUT2D eigenvalue weighted by atomic mass is 127. The number of nitrogens with zero attached hydrogens (tertiary/aromatic N) is 1. The number of benzene rings is 3. The molecule has 0 radical (unpaired) electrons. The molecule has 4 rings (SSSR count). The predicted molar refractivity (Wildman–Crippen MR) is 110 cm³/mol. The molecule has 132 valence electrons. The molecule has 3 aromatic carbocycles. The normalized spacial score (nSPS) is 15.5. The SMILES string of the molecule is COC1(OC)C(=O)N(Cc2ccc3ccccc3c2)c2ccc(I)cc21. The van der Waals surface area contributed by atoms with Crippen molar-refractivity contribution in [1.82, 2.24) is 0 Å². The molecule has 0 N–H and O–H groups in total. The summed E-state index contributed by atoms with van der Waals surface area (Å²) in [7, 11) is 3.01. The molecule has 1 amide bonds. The number of ether oxygens (including phenoxy) is 2. The van der Waals surface area contributed by atoms with Crippen LogP contribution in [0.4, 0.5) is 5.69 Å². The average molecular weight is 459 g/mol. The maximum atomic E-state index is 13.2. The first-order valence-electron chi connectivity index (χ1n) is 8.29. The lowest BCUT2D eigenvalue weighted by Crippen LogP contribution is -2.43. The van der Waals surface area contributed by atoms with Gasteiger partial charge in [0.2, 0.25) is 0 Å². The number of hydrogen-bond donors (Lipinski definition) is 0. The van der Waals surface area contributed by atoms with Gasteiger partial charge in [-0.15, -0.1) is 0 Å². The zero-order chi connectivity index (χ0) is 18.3. The van der Waals surface area contributed by atoms with E-state index in [2.05, 4.69) is 52.9 Å². The van der Waals surface area contributed by atoms with Gasteiger partial charge in [-0.05, 0) is 63.2 Å². The maximum absolute atomic E-state index is 13.2. The van der Waals surface area contributed by atoms with E-state index in [0.717, 1.165) is 25.8 Å². The van der Waals surface area contributed by atoms with Gasteiger partial charge in [0.1, 0.15) is 0 Å². The van der Waals surface area contributed by atoms with Crippen molar-refractivity contribution in [2.45, 2.75) is 12.3 Å². The van der Waals surface area contributed by atoms with Crippen LogP contribution in [0, 0.1) is 3.57 Å². The summed E-state index contributed by atoms with van der Waals surface area (Å²) in [6, 6.07) is 20.4. The standard InChI is InChI=1S/C21H18INO3/c1-25-21(26-2)18-12-17(22)9-10-19(18)23(20(21)24)13-14-7-8-15-5-3-4-6-16(15)11-14/h3-12H,13H2,1-2H3. The summed E-state index contributed by atoms with van der Waals surface area (Å²) in [6.07, 6.45) is 0. The summed E-state index contributed by atoms with van der Waals surface area (Å²) >= 11 is 2.23. The van der Waals surface area contributed by atoms with Crippen LogP contribution in [0.15, 0.2) is 60.7 Å². The van der Waals surface area contributed by atoms with Gasteiger partial charge in [-0.25, -0.2) is 0 Å². The van der Waals surface area contributed by atoms with Gasteiger partial charge < -0.3 is 14.4 Å². The highest BCUT2D eigenvalue weighted by Gasteiger charge is 2.52. The van der Waals surface area contributed by atoms with Crippen molar-refractivity contribution in [2.75, 3.05) is 19.1 Å². The summed E-state index contributed by atoms with van der Waals surface area (Å²) in [5, 5.41) is 2.34. The van der Waals surface area contributed by atoms with Crippen LogP contribution in [-0.2, 0) is 26.6 Å². The second-order valence-corrected chi connectivity index (χ2v) is 7.50. The van der Waals surface area contributed by atoms with E-state index in [1.54, 1.807) is 4.90 Å². The molecule has 0 fully saturated rings. The minimum Gasteiger partial charge on any atom is -0.342 e. The predicted octanol–water partition coefficient (Wildman–Crippen LogP) is 4.44. The number of rotatable bonds is 4. The van der Waals surface area contributed by atoms with Crippen molar-refractivity contribution in [3.8, 4) is 0 Å². The van der Waals surface area contributed by atoms with Crippen LogP contribution in [0.25, 0.3) is 10.8 Å². The summed E-state index contributed by atoms with van der Waals surface area (Å²) in [5.74, 6) is -1.58. The Kier molecular flexibility index (Phi) is 4.46. The molecule has 4 nitrogen and oxygen atoms in total. The van der Waals surface area contributed by atoms with Crippen LogP contribution in [0.2, 0.25) is 0 Å². The van der Waals surface area contributed by atoms with E-state index in [0.29, 0.717) is 6.54 Å². The minimum atomic E-state index is -1.38. The Morgan fingerprint density at radius 2 is 1.69 bits per heavy atom. The van der Waals surface area contributed by atoms with E-state index in [4.69, 9.17) is 9.47 Å². The molecule has 1 aliphatic rings. The molecule has 0 saturated heterocycles. The fourth-order valence-electron chi connectivity index (χ4n) is 3.56. The molecule has 26 heavy (non-hydrogen) atoms. The van der Waals surface area contributed by atoms with Gasteiger partial charge in [0.25, 0.3) is 11.7 Å². The van der Waals surface area contributed by atoms with E-state index in [9.17, 15) is 4.79 Å². The van der Waals surface area contributed by atoms with E-state index in [-0.39, 0.29) is 5.91 Å². The van der Waals surface area contributed by atoms with Gasteiger partial charge >= 0.3 is 0 Å². The second kappa shape index (κ2) is 6.64. The van der Waals surface area contributed by atoms with Crippen molar-refractivity contribution < 1.29 is 14.3 Å². The number of fused-ring (bicyclic) bond motifs is 2. The van der Waals surface area contributed by atoms with Crippen LogP contribution in [0.5, 0.6) is 0 Å². The maximum Gasteiger partial charge on any atom is 0.292 e. The molecule has 5 heteroatoms. The van der Waals surface area contributed by atoms with Crippen molar-refractivity contribution in [1.29, 1.82) is 0 Å². The van der Waals surface area contributed by atoms with Crippen molar-refractivity contribution in [3.05, 3.63) is 75.4 Å². The lowest BCUT2D eigenvalue weighted by atomic mass is 10.1. The third kappa shape index (κ3) is 2.62. The smallest absolute Gasteiger partial charge is 0.292 e. The fraction of sp³-hybridized carbons (Fsp3) is 0.190. The lowest BCUT2D eigenvalue weighted by Gasteiger charge is -2.25. The number of carbonyl (C=O) groups is 1. The molecule has 3 aromatic rings. The Labute approximate surface area is 165 Å². The van der Waals surface area contributed by atoms with Crippen LogP contribution in [0.3, 0.4) is 0 Å². The molecule has 0 bridgehead atoms. The van der Waals surface area contributed by atoms with E-state index >= 15 is 0 Å². The van der Waals surface area contributed by atoms with Crippen LogP contribution < -0.4 is 4.90 Å². The van der Waals surface area contributed by atoms with Gasteiger partial charge in [-0.1, -0.05) is 36.4 Å². The molecule has 0 saturated carbocycles. The second-order valence-electron chi connectivity index (χ2n) is 6.26. The fourth-order valence-corrected chi connectivity index (χ4v) is 4.06. The Bertz CT molecular complexity index is 997. The molecule has 0 aromatic heterocycles. The third-order valence-electron chi connectivity index (χ3n) is 4.86.